The average Bonchev–Trinajstić information content (AvgIpc) is 2.48. The van der Waals surface area contributed by atoms with Gasteiger partial charge in [0.2, 0.25) is 0 Å². The molecule has 2 heteroatoms. The molecule has 19 heavy (non-hydrogen) atoms. The number of fused-ring (bicyclic) bond motifs is 1. The fraction of sp³-hybridized carbons (Fsp3) is 0.294. The van der Waals surface area contributed by atoms with Crippen LogP contribution in [0.15, 0.2) is 48.5 Å². The van der Waals surface area contributed by atoms with Crippen LogP contribution in [-0.4, -0.2) is 20.2 Å². The number of nitrogens with one attached hydrogen (secondary N) is 1. The average molecular weight is 253 g/mol. The van der Waals surface area contributed by atoms with Crippen molar-refractivity contribution < 1.29 is 4.74 Å². The van der Waals surface area contributed by atoms with Gasteiger partial charge >= 0.3 is 0 Å². The number of hydrogen-bond donors (Lipinski definition) is 1. The zero-order chi connectivity index (χ0) is 13.1. The summed E-state index contributed by atoms with van der Waals surface area (Å²) in [7, 11) is 1.97. The van der Waals surface area contributed by atoms with E-state index in [1.807, 2.05) is 7.05 Å². The molecule has 0 bridgehead atoms. The van der Waals surface area contributed by atoms with E-state index in [2.05, 4.69) is 53.8 Å². The summed E-state index contributed by atoms with van der Waals surface area (Å²) >= 11 is 0. The predicted molar refractivity (Wildman–Crippen MR) is 78.2 cm³/mol. The van der Waals surface area contributed by atoms with Crippen LogP contribution in [-0.2, 0) is 11.2 Å². The number of benzene rings is 2. The zero-order valence-electron chi connectivity index (χ0n) is 11.2. The van der Waals surface area contributed by atoms with Gasteiger partial charge < -0.3 is 10.1 Å². The molecule has 0 aromatic heterocycles. The van der Waals surface area contributed by atoms with E-state index in [9.17, 15) is 0 Å². The Hall–Kier alpha value is -1.64. The van der Waals surface area contributed by atoms with E-state index in [1.165, 1.54) is 22.3 Å². The van der Waals surface area contributed by atoms with Crippen LogP contribution in [0.5, 0.6) is 0 Å². The quantitative estimate of drug-likeness (QED) is 0.907. The Bertz CT molecular complexity index is 550. The Labute approximate surface area is 114 Å². The summed E-state index contributed by atoms with van der Waals surface area (Å²) in [5.74, 6) is 0. The summed E-state index contributed by atoms with van der Waals surface area (Å²) in [6.45, 7) is 1.68. The Kier molecular flexibility index (Phi) is 3.62. The molecule has 0 fully saturated rings. The lowest BCUT2D eigenvalue weighted by Crippen LogP contribution is -2.25. The van der Waals surface area contributed by atoms with Crippen LogP contribution < -0.4 is 5.32 Å². The molecule has 0 unspecified atom stereocenters. The molecule has 1 heterocycles. The number of rotatable bonds is 3. The third-order valence-electron chi connectivity index (χ3n) is 3.70. The van der Waals surface area contributed by atoms with Gasteiger partial charge in [-0.3, -0.25) is 0 Å². The van der Waals surface area contributed by atoms with Crippen molar-refractivity contribution in [1.29, 1.82) is 0 Å². The molecular formula is C17H19NO. The first-order valence-corrected chi connectivity index (χ1v) is 6.83. The van der Waals surface area contributed by atoms with E-state index in [4.69, 9.17) is 4.74 Å². The van der Waals surface area contributed by atoms with Crippen molar-refractivity contribution in [1.82, 2.24) is 5.32 Å². The highest BCUT2D eigenvalue weighted by atomic mass is 16.5. The molecule has 2 aromatic carbocycles. The second-order valence-electron chi connectivity index (χ2n) is 4.91. The third-order valence-corrected chi connectivity index (χ3v) is 3.70. The first-order chi connectivity index (χ1) is 9.40. The Balaban J connectivity index is 2.06. The fourth-order valence-corrected chi connectivity index (χ4v) is 2.82. The van der Waals surface area contributed by atoms with Gasteiger partial charge in [0, 0.05) is 6.54 Å². The minimum atomic E-state index is 0.178. The van der Waals surface area contributed by atoms with Gasteiger partial charge in [-0.05, 0) is 35.7 Å². The topological polar surface area (TPSA) is 21.3 Å². The van der Waals surface area contributed by atoms with Crippen molar-refractivity contribution in [2.45, 2.75) is 12.5 Å². The highest BCUT2D eigenvalue weighted by Gasteiger charge is 2.22. The van der Waals surface area contributed by atoms with Crippen LogP contribution >= 0.6 is 0 Å². The Morgan fingerprint density at radius 2 is 1.95 bits per heavy atom. The van der Waals surface area contributed by atoms with Crippen LogP contribution in [0.2, 0.25) is 0 Å². The maximum atomic E-state index is 5.87. The lowest BCUT2D eigenvalue weighted by molar-refractivity contribution is 0.0440. The van der Waals surface area contributed by atoms with Crippen molar-refractivity contribution in [3.05, 3.63) is 59.7 Å². The van der Waals surface area contributed by atoms with E-state index in [-0.39, 0.29) is 6.10 Å². The second kappa shape index (κ2) is 5.55. The second-order valence-corrected chi connectivity index (χ2v) is 4.91. The van der Waals surface area contributed by atoms with E-state index >= 15 is 0 Å². The van der Waals surface area contributed by atoms with Gasteiger partial charge in [-0.15, -0.1) is 0 Å². The maximum absolute atomic E-state index is 5.87. The largest absolute Gasteiger partial charge is 0.372 e. The number of hydrogen-bond acceptors (Lipinski definition) is 2. The molecule has 1 aliphatic rings. The van der Waals surface area contributed by atoms with E-state index in [1.54, 1.807) is 0 Å². The monoisotopic (exact) mass is 253 g/mol. The molecule has 3 rings (SSSR count). The van der Waals surface area contributed by atoms with Crippen LogP contribution in [0.1, 0.15) is 17.2 Å². The third kappa shape index (κ3) is 2.42. The molecule has 0 saturated heterocycles. The van der Waals surface area contributed by atoms with Crippen LogP contribution in [0.25, 0.3) is 11.1 Å². The molecule has 1 N–H and O–H groups in total. The Morgan fingerprint density at radius 3 is 2.74 bits per heavy atom. The molecule has 2 nitrogen and oxygen atoms in total. The smallest absolute Gasteiger partial charge is 0.0952 e. The van der Waals surface area contributed by atoms with E-state index < -0.39 is 0 Å². The van der Waals surface area contributed by atoms with Crippen LogP contribution in [0.3, 0.4) is 0 Å². The Morgan fingerprint density at radius 1 is 1.11 bits per heavy atom. The molecule has 1 atom stereocenters. The first kappa shape index (κ1) is 12.4. The SMILES string of the molecule is CNC[C@H]1OCCc2c(-c3ccccc3)cccc21. The summed E-state index contributed by atoms with van der Waals surface area (Å²) in [5.41, 5.74) is 5.43. The standard InChI is InChI=1S/C17H19NO/c1-18-12-17-16-9-5-8-14(15(16)10-11-19-17)13-6-3-2-4-7-13/h2-9,17-18H,10-12H2,1H3/t17-/m1/s1. The molecular weight excluding hydrogens is 234 g/mol. The molecule has 98 valence electrons. The molecule has 0 aliphatic carbocycles. The fourth-order valence-electron chi connectivity index (χ4n) is 2.82. The first-order valence-electron chi connectivity index (χ1n) is 6.83. The van der Waals surface area contributed by atoms with Gasteiger partial charge in [0.1, 0.15) is 0 Å². The van der Waals surface area contributed by atoms with Gasteiger partial charge in [0.05, 0.1) is 12.7 Å². The van der Waals surface area contributed by atoms with Crippen LogP contribution in [0, 0.1) is 0 Å². The van der Waals surface area contributed by atoms with Gasteiger partial charge in [0.25, 0.3) is 0 Å². The molecule has 0 radical (unpaired) electrons. The normalized spacial score (nSPS) is 18.1. The van der Waals surface area contributed by atoms with Crippen molar-refractivity contribution in [2.24, 2.45) is 0 Å². The summed E-state index contributed by atoms with van der Waals surface area (Å²) < 4.78 is 5.87. The van der Waals surface area contributed by atoms with E-state index in [0.29, 0.717) is 0 Å². The van der Waals surface area contributed by atoms with Crippen molar-refractivity contribution in [3.63, 3.8) is 0 Å². The van der Waals surface area contributed by atoms with Gasteiger partial charge in [-0.25, -0.2) is 0 Å². The number of ether oxygens (including phenoxy) is 1. The maximum Gasteiger partial charge on any atom is 0.0952 e. The lowest BCUT2D eigenvalue weighted by atomic mass is 9.89. The number of likely N-dealkylation sites (N-methyl/N-ethyl adjacent to an activating group) is 1. The molecule has 0 spiro atoms. The van der Waals surface area contributed by atoms with Gasteiger partial charge in [0.15, 0.2) is 0 Å². The molecule has 0 amide bonds. The minimum Gasteiger partial charge on any atom is -0.372 e. The highest BCUT2D eigenvalue weighted by molar-refractivity contribution is 5.69. The van der Waals surface area contributed by atoms with Gasteiger partial charge in [-0.1, -0.05) is 48.5 Å². The lowest BCUT2D eigenvalue weighted by Gasteiger charge is -2.28. The minimum absolute atomic E-state index is 0.178. The molecule has 0 saturated carbocycles. The summed E-state index contributed by atoms with van der Waals surface area (Å²) in [5, 5.41) is 3.21. The van der Waals surface area contributed by atoms with Crippen molar-refractivity contribution >= 4 is 0 Å². The van der Waals surface area contributed by atoms with Crippen molar-refractivity contribution in [2.75, 3.05) is 20.2 Å². The molecule has 2 aromatic rings. The van der Waals surface area contributed by atoms with E-state index in [0.717, 1.165) is 19.6 Å². The predicted octanol–water partition coefficient (Wildman–Crippen LogP) is 3.19. The van der Waals surface area contributed by atoms with Gasteiger partial charge in [-0.2, -0.15) is 0 Å². The summed E-state index contributed by atoms with van der Waals surface area (Å²) in [4.78, 5) is 0. The molecule has 1 aliphatic heterocycles. The summed E-state index contributed by atoms with van der Waals surface area (Å²) in [6.07, 6.45) is 1.18. The highest BCUT2D eigenvalue weighted by Crippen LogP contribution is 2.34. The zero-order valence-corrected chi connectivity index (χ0v) is 11.2. The summed E-state index contributed by atoms with van der Waals surface area (Å²) in [6, 6.07) is 17.2. The van der Waals surface area contributed by atoms with Crippen molar-refractivity contribution in [3.8, 4) is 11.1 Å². The van der Waals surface area contributed by atoms with Crippen LogP contribution in [0.4, 0.5) is 0 Å².